The first-order chi connectivity index (χ1) is 17.8. The molecule has 2 aliphatic carbocycles. The Morgan fingerprint density at radius 1 is 0.946 bits per heavy atom. The van der Waals surface area contributed by atoms with Gasteiger partial charge in [-0.25, -0.2) is 0 Å². The van der Waals surface area contributed by atoms with Gasteiger partial charge in [0.1, 0.15) is 0 Å². The fourth-order valence-electron chi connectivity index (χ4n) is 7.61. The van der Waals surface area contributed by atoms with Crippen molar-refractivity contribution >= 4 is 66.9 Å². The normalized spacial score (nSPS) is 21.9. The number of hydrogen-bond donors (Lipinski definition) is 0. The molecule has 8 rings (SSSR count). The zero-order valence-electron chi connectivity index (χ0n) is 21.7. The van der Waals surface area contributed by atoms with E-state index in [1.54, 1.807) is 59.8 Å². The Morgan fingerprint density at radius 3 is 2.51 bits per heavy atom. The molecule has 1 aromatic heterocycles. The summed E-state index contributed by atoms with van der Waals surface area (Å²) in [6.45, 7) is 12.4. The maximum atomic E-state index is 2.62. The van der Waals surface area contributed by atoms with Crippen LogP contribution in [0.25, 0.3) is 38.4 Å². The average Bonchev–Trinajstić information content (AvgIpc) is 3.57. The van der Waals surface area contributed by atoms with Crippen LogP contribution in [0, 0.1) is 6.92 Å². The quantitative estimate of drug-likeness (QED) is 0.219. The second-order valence-corrected chi connectivity index (χ2v) is 19.1. The Labute approximate surface area is 241 Å². The molecule has 0 nitrogen and oxygen atoms in total. The summed E-state index contributed by atoms with van der Waals surface area (Å²) in [5, 5.41) is 8.56. The van der Waals surface area contributed by atoms with Crippen molar-refractivity contribution < 1.29 is 24.2 Å². The van der Waals surface area contributed by atoms with E-state index in [2.05, 4.69) is 106 Å². The van der Waals surface area contributed by atoms with Gasteiger partial charge in [-0.3, -0.25) is 0 Å². The molecule has 3 aromatic carbocycles. The van der Waals surface area contributed by atoms with E-state index >= 15 is 0 Å². The second kappa shape index (κ2) is 7.63. The van der Waals surface area contributed by atoms with Crippen molar-refractivity contribution in [3.05, 3.63) is 97.4 Å². The van der Waals surface area contributed by atoms with Gasteiger partial charge in [-0.05, 0) is 0 Å². The summed E-state index contributed by atoms with van der Waals surface area (Å²) in [5.74, 6) is 0. The van der Waals surface area contributed by atoms with Crippen LogP contribution in [0.5, 0.6) is 0 Å². The Morgan fingerprint density at radius 2 is 1.73 bits per heavy atom. The molecule has 0 amide bonds. The van der Waals surface area contributed by atoms with Crippen molar-refractivity contribution in [3.8, 4) is 11.1 Å². The molecule has 0 fully saturated rings. The summed E-state index contributed by atoms with van der Waals surface area (Å²) >= 11 is 5.72. The van der Waals surface area contributed by atoms with Gasteiger partial charge in [0.05, 0.1) is 0 Å². The van der Waals surface area contributed by atoms with Gasteiger partial charge in [0.15, 0.2) is 0 Å². The fourth-order valence-corrected chi connectivity index (χ4v) is 16.1. The molecule has 0 N–H and O–H groups in total. The zero-order valence-corrected chi connectivity index (χ0v) is 26.8. The van der Waals surface area contributed by atoms with E-state index in [9.17, 15) is 0 Å². The molecule has 3 heterocycles. The third-order valence-electron chi connectivity index (χ3n) is 8.97. The number of hydrogen-bond acceptors (Lipinski definition) is 2. The van der Waals surface area contributed by atoms with Gasteiger partial charge in [-0.2, -0.15) is 0 Å². The first-order valence-electron chi connectivity index (χ1n) is 13.0. The predicted molar refractivity (Wildman–Crippen MR) is 162 cm³/mol. The second-order valence-electron chi connectivity index (χ2n) is 11.3. The first-order valence-corrected chi connectivity index (χ1v) is 18.9. The Kier molecular flexibility index (Phi) is 4.76. The molecule has 0 radical (unpaired) electrons. The van der Waals surface area contributed by atoms with E-state index in [0.29, 0.717) is 5.25 Å². The fraction of sp³-hybridized carbons (Fsp3) is 0.182. The summed E-state index contributed by atoms with van der Waals surface area (Å²) in [6, 6.07) is 20.3. The third kappa shape index (κ3) is 2.81. The SMILES string of the molecule is CC1=Cc2c(sc3cccc(-c4ccccc4)c23)C1=c1cc2c3c(C)c1[Si](C)(C)C1=C(C)[C](=[Zr+2])C(S2)C=31. The monoisotopic (exact) mass is 604 g/mol. The number of fused-ring (bicyclic) bond motifs is 4. The minimum absolute atomic E-state index is 0.579. The molecule has 0 saturated heterocycles. The standard InChI is InChI=1S/C33H26S2Si.Zr/c1-17-14-22-29-21(20-10-7-6-8-11-20)12-9-13-24(29)35-31(22)27(17)23-16-26-28-19(3)33(23)36(4,5)32-18(2)15-25(34-26)30(28)32;/h6-14,16,25H,1-5H3;/q;+2. The summed E-state index contributed by atoms with van der Waals surface area (Å²) in [4.78, 5) is 2.99. The van der Waals surface area contributed by atoms with Crippen molar-refractivity contribution in [2.24, 2.45) is 0 Å². The van der Waals surface area contributed by atoms with Crippen molar-refractivity contribution in [1.29, 1.82) is 0 Å². The van der Waals surface area contributed by atoms with Gasteiger partial charge in [0.25, 0.3) is 0 Å². The van der Waals surface area contributed by atoms with E-state index in [0.717, 1.165) is 0 Å². The van der Waals surface area contributed by atoms with E-state index < -0.39 is 8.07 Å². The number of thiophene rings is 1. The van der Waals surface area contributed by atoms with Crippen LogP contribution in [0.4, 0.5) is 0 Å². The molecule has 2 bridgehead atoms. The molecule has 4 aliphatic rings. The Balaban J connectivity index is 1.50. The van der Waals surface area contributed by atoms with Gasteiger partial charge in [-0.1, -0.05) is 30.3 Å². The van der Waals surface area contributed by atoms with E-state index in [4.69, 9.17) is 0 Å². The summed E-state index contributed by atoms with van der Waals surface area (Å²) in [7, 11) is -1.85. The molecule has 1 unspecified atom stereocenters. The molecule has 1 atom stereocenters. The van der Waals surface area contributed by atoms with Crippen molar-refractivity contribution in [1.82, 2.24) is 0 Å². The molecular formula is C33H26S2SiZr+2. The topological polar surface area (TPSA) is 0 Å². The van der Waals surface area contributed by atoms with Crippen LogP contribution in [0.2, 0.25) is 13.1 Å². The molecule has 37 heavy (non-hydrogen) atoms. The van der Waals surface area contributed by atoms with Crippen molar-refractivity contribution in [2.45, 2.75) is 44.0 Å². The number of thioether (sulfide) groups is 1. The molecule has 2 aliphatic heterocycles. The van der Waals surface area contributed by atoms with Gasteiger partial charge < -0.3 is 0 Å². The minimum atomic E-state index is -1.85. The summed E-state index contributed by atoms with van der Waals surface area (Å²) in [5.41, 5.74) is 11.9. The van der Waals surface area contributed by atoms with E-state index in [1.807, 2.05) is 11.3 Å². The van der Waals surface area contributed by atoms with E-state index in [1.165, 1.54) is 52.9 Å². The van der Waals surface area contributed by atoms with Gasteiger partial charge >= 0.3 is 213 Å². The Hall–Kier alpha value is -1.84. The number of benzene rings is 3. The molecule has 176 valence electrons. The molecular weight excluding hydrogens is 580 g/mol. The first kappa shape index (κ1) is 23.1. The van der Waals surface area contributed by atoms with Crippen LogP contribution in [-0.2, 0) is 24.2 Å². The maximum absolute atomic E-state index is 2.62. The van der Waals surface area contributed by atoms with E-state index in [-0.39, 0.29) is 0 Å². The molecule has 4 aromatic rings. The summed E-state index contributed by atoms with van der Waals surface area (Å²) < 4.78 is 3.08. The third-order valence-corrected chi connectivity index (χ3v) is 17.4. The van der Waals surface area contributed by atoms with Crippen LogP contribution in [-0.4, -0.2) is 16.5 Å². The van der Waals surface area contributed by atoms with Crippen LogP contribution < -0.4 is 15.6 Å². The predicted octanol–water partition coefficient (Wildman–Crippen LogP) is 6.64. The van der Waals surface area contributed by atoms with Crippen LogP contribution in [0.15, 0.2) is 75.8 Å². The van der Waals surface area contributed by atoms with Crippen molar-refractivity contribution in [2.75, 3.05) is 0 Å². The Bertz CT molecular complexity index is 1970. The zero-order chi connectivity index (χ0) is 25.4. The average molecular weight is 606 g/mol. The van der Waals surface area contributed by atoms with Crippen LogP contribution in [0.1, 0.15) is 29.9 Å². The number of rotatable bonds is 1. The van der Waals surface area contributed by atoms with Gasteiger partial charge in [0, 0.05) is 0 Å². The molecule has 4 heteroatoms. The van der Waals surface area contributed by atoms with Gasteiger partial charge in [0.2, 0.25) is 0 Å². The van der Waals surface area contributed by atoms with Gasteiger partial charge in [-0.15, -0.1) is 0 Å². The number of allylic oxidation sites excluding steroid dienone is 3. The molecule has 0 spiro atoms. The summed E-state index contributed by atoms with van der Waals surface area (Å²) in [6.07, 6.45) is 2.48. The molecule has 0 saturated carbocycles. The van der Waals surface area contributed by atoms with Crippen molar-refractivity contribution in [3.63, 3.8) is 0 Å². The van der Waals surface area contributed by atoms with Crippen LogP contribution >= 0.6 is 23.1 Å². The van der Waals surface area contributed by atoms with Crippen LogP contribution in [0.3, 0.4) is 0 Å².